The molecule has 0 aliphatic carbocycles. The molecule has 3 aromatic carbocycles. The van der Waals surface area contributed by atoms with Gasteiger partial charge in [-0.05, 0) is 56.2 Å². The molecule has 1 saturated heterocycles. The number of nitrogens with two attached hydrogens (primary N) is 1. The van der Waals surface area contributed by atoms with Crippen LogP contribution in [0.4, 0.5) is 11.4 Å². The zero-order chi connectivity index (χ0) is 24.4. The summed E-state index contributed by atoms with van der Waals surface area (Å²) < 4.78 is 0. The molecule has 0 saturated carbocycles. The van der Waals surface area contributed by atoms with Crippen molar-refractivity contribution >= 4 is 34.1 Å². The number of fused-ring (bicyclic) bond motifs is 1. The van der Waals surface area contributed by atoms with Gasteiger partial charge in [0.2, 0.25) is 5.91 Å². The van der Waals surface area contributed by atoms with Gasteiger partial charge in [0.15, 0.2) is 0 Å². The third kappa shape index (κ3) is 4.87. The summed E-state index contributed by atoms with van der Waals surface area (Å²) in [4.78, 5) is 31.8. The summed E-state index contributed by atoms with van der Waals surface area (Å²) in [6.45, 7) is 3.64. The average molecular weight is 465 g/mol. The van der Waals surface area contributed by atoms with E-state index in [-0.39, 0.29) is 17.7 Å². The number of aromatic nitrogens is 1. The quantitative estimate of drug-likeness (QED) is 0.427. The Hall–Kier alpha value is -4.19. The highest BCUT2D eigenvalue weighted by molar-refractivity contribution is 6.13. The van der Waals surface area contributed by atoms with Crippen LogP contribution in [-0.4, -0.2) is 29.9 Å². The molecule has 35 heavy (non-hydrogen) atoms. The summed E-state index contributed by atoms with van der Waals surface area (Å²) in [7, 11) is 0. The standard InChI is InChI=1S/C29H28N4O2/c1-19-6-8-20(9-7-19)27-18-25(24-4-2-3-5-26(24)32-27)29(35)31-22-10-12-23(13-11-22)33-16-14-21(15-17-33)28(30)34/h2-13,18,21H,14-17H2,1H3,(H2,30,34)(H,31,35). The smallest absolute Gasteiger partial charge is 0.256 e. The predicted molar refractivity (Wildman–Crippen MR) is 140 cm³/mol. The minimum Gasteiger partial charge on any atom is -0.371 e. The van der Waals surface area contributed by atoms with Gasteiger partial charge in [0.05, 0.1) is 16.8 Å². The topological polar surface area (TPSA) is 88.3 Å². The Balaban J connectivity index is 1.37. The summed E-state index contributed by atoms with van der Waals surface area (Å²) in [6, 6.07) is 25.5. The van der Waals surface area contributed by atoms with Gasteiger partial charge in [0, 0.05) is 41.3 Å². The van der Waals surface area contributed by atoms with Gasteiger partial charge in [0.1, 0.15) is 0 Å². The Labute approximate surface area is 204 Å². The van der Waals surface area contributed by atoms with Crippen LogP contribution in [0.5, 0.6) is 0 Å². The maximum Gasteiger partial charge on any atom is 0.256 e. The van der Waals surface area contributed by atoms with E-state index in [1.54, 1.807) is 0 Å². The number of carbonyl (C=O) groups is 2. The molecule has 2 amide bonds. The fourth-order valence-corrected chi connectivity index (χ4v) is 4.61. The van der Waals surface area contributed by atoms with E-state index in [9.17, 15) is 9.59 Å². The van der Waals surface area contributed by atoms with Crippen LogP contribution in [0.25, 0.3) is 22.2 Å². The van der Waals surface area contributed by atoms with Gasteiger partial charge >= 0.3 is 0 Å². The number of primary amides is 1. The first-order valence-electron chi connectivity index (χ1n) is 11.9. The molecule has 176 valence electrons. The Bertz CT molecular complexity index is 1370. The van der Waals surface area contributed by atoms with Gasteiger partial charge in [-0.3, -0.25) is 9.59 Å². The van der Waals surface area contributed by atoms with Crippen LogP contribution in [0.1, 0.15) is 28.8 Å². The van der Waals surface area contributed by atoms with Crippen molar-refractivity contribution in [3.05, 3.63) is 90.0 Å². The zero-order valence-corrected chi connectivity index (χ0v) is 19.7. The number of para-hydroxylation sites is 1. The molecule has 2 heterocycles. The Morgan fingerprint density at radius 2 is 1.63 bits per heavy atom. The molecular formula is C29H28N4O2. The lowest BCUT2D eigenvalue weighted by Crippen LogP contribution is -2.38. The molecular weight excluding hydrogens is 436 g/mol. The maximum atomic E-state index is 13.4. The molecule has 0 radical (unpaired) electrons. The maximum absolute atomic E-state index is 13.4. The molecule has 0 atom stereocenters. The molecule has 1 aliphatic heterocycles. The van der Waals surface area contributed by atoms with Crippen LogP contribution in [-0.2, 0) is 4.79 Å². The van der Waals surface area contributed by atoms with E-state index >= 15 is 0 Å². The van der Waals surface area contributed by atoms with Crippen LogP contribution in [0, 0.1) is 12.8 Å². The first kappa shape index (κ1) is 22.6. The Morgan fingerprint density at radius 3 is 2.31 bits per heavy atom. The molecule has 1 fully saturated rings. The lowest BCUT2D eigenvalue weighted by molar-refractivity contribution is -0.122. The fourth-order valence-electron chi connectivity index (χ4n) is 4.61. The highest BCUT2D eigenvalue weighted by atomic mass is 16.2. The number of carbonyl (C=O) groups excluding carboxylic acids is 2. The summed E-state index contributed by atoms with van der Waals surface area (Å²) in [5.41, 5.74) is 11.5. The van der Waals surface area contributed by atoms with Crippen LogP contribution in [0.15, 0.2) is 78.9 Å². The Kier molecular flexibility index (Phi) is 6.19. The van der Waals surface area contributed by atoms with Crippen molar-refractivity contribution in [1.82, 2.24) is 4.98 Å². The molecule has 3 N–H and O–H groups in total. The number of hydrogen-bond donors (Lipinski definition) is 2. The van der Waals surface area contributed by atoms with Crippen LogP contribution < -0.4 is 16.0 Å². The van der Waals surface area contributed by atoms with E-state index in [0.29, 0.717) is 5.56 Å². The van der Waals surface area contributed by atoms with Gasteiger partial charge in [-0.2, -0.15) is 0 Å². The molecule has 6 nitrogen and oxygen atoms in total. The number of anilines is 2. The molecule has 5 rings (SSSR count). The van der Waals surface area contributed by atoms with Crippen LogP contribution in [0.3, 0.4) is 0 Å². The average Bonchev–Trinajstić information content (AvgIpc) is 2.89. The summed E-state index contributed by atoms with van der Waals surface area (Å²) in [6.07, 6.45) is 1.54. The highest BCUT2D eigenvalue weighted by Crippen LogP contribution is 2.27. The van der Waals surface area contributed by atoms with Crippen molar-refractivity contribution in [2.75, 3.05) is 23.3 Å². The van der Waals surface area contributed by atoms with E-state index in [1.807, 2.05) is 85.8 Å². The highest BCUT2D eigenvalue weighted by Gasteiger charge is 2.23. The molecule has 1 aromatic heterocycles. The predicted octanol–water partition coefficient (Wildman–Crippen LogP) is 5.16. The molecule has 1 aliphatic rings. The number of amides is 2. The molecule has 0 unspecified atom stereocenters. The van der Waals surface area contributed by atoms with Gasteiger partial charge in [0.25, 0.3) is 5.91 Å². The summed E-state index contributed by atoms with van der Waals surface area (Å²) >= 11 is 0. The van der Waals surface area contributed by atoms with E-state index in [1.165, 1.54) is 5.56 Å². The third-order valence-corrected chi connectivity index (χ3v) is 6.70. The van der Waals surface area contributed by atoms with Crippen molar-refractivity contribution in [1.29, 1.82) is 0 Å². The van der Waals surface area contributed by atoms with Gasteiger partial charge < -0.3 is 16.0 Å². The molecule has 6 heteroatoms. The summed E-state index contributed by atoms with van der Waals surface area (Å²) in [5.74, 6) is -0.423. The van der Waals surface area contributed by atoms with Crippen molar-refractivity contribution in [3.63, 3.8) is 0 Å². The lowest BCUT2D eigenvalue weighted by Gasteiger charge is -2.32. The Morgan fingerprint density at radius 1 is 0.943 bits per heavy atom. The lowest BCUT2D eigenvalue weighted by atomic mass is 9.96. The number of rotatable bonds is 5. The second kappa shape index (κ2) is 9.58. The van der Waals surface area contributed by atoms with Crippen molar-refractivity contribution in [3.8, 4) is 11.3 Å². The van der Waals surface area contributed by atoms with Gasteiger partial charge in [-0.25, -0.2) is 4.98 Å². The number of hydrogen-bond acceptors (Lipinski definition) is 4. The molecule has 0 spiro atoms. The monoisotopic (exact) mass is 464 g/mol. The number of nitrogens with zero attached hydrogens (tertiary/aromatic N) is 2. The number of benzene rings is 3. The second-order valence-electron chi connectivity index (χ2n) is 9.10. The normalized spacial score (nSPS) is 14.1. The van der Waals surface area contributed by atoms with E-state index < -0.39 is 0 Å². The van der Waals surface area contributed by atoms with Crippen LogP contribution >= 0.6 is 0 Å². The van der Waals surface area contributed by atoms with E-state index in [4.69, 9.17) is 10.7 Å². The molecule has 4 aromatic rings. The van der Waals surface area contributed by atoms with Crippen molar-refractivity contribution in [2.24, 2.45) is 11.7 Å². The third-order valence-electron chi connectivity index (χ3n) is 6.70. The summed E-state index contributed by atoms with van der Waals surface area (Å²) in [5, 5.41) is 3.86. The molecule has 0 bridgehead atoms. The van der Waals surface area contributed by atoms with Crippen molar-refractivity contribution in [2.45, 2.75) is 19.8 Å². The van der Waals surface area contributed by atoms with E-state index in [0.717, 1.165) is 59.5 Å². The fraction of sp³-hybridized carbons (Fsp3) is 0.207. The zero-order valence-electron chi connectivity index (χ0n) is 19.7. The first-order chi connectivity index (χ1) is 17.0. The minimum absolute atomic E-state index is 0.0372. The number of pyridine rings is 1. The van der Waals surface area contributed by atoms with Crippen molar-refractivity contribution < 1.29 is 9.59 Å². The van der Waals surface area contributed by atoms with Gasteiger partial charge in [-0.1, -0.05) is 48.0 Å². The first-order valence-corrected chi connectivity index (χ1v) is 11.9. The minimum atomic E-state index is -0.211. The number of aryl methyl sites for hydroxylation is 1. The largest absolute Gasteiger partial charge is 0.371 e. The number of nitrogens with one attached hydrogen (secondary N) is 1. The second-order valence-corrected chi connectivity index (χ2v) is 9.10. The van der Waals surface area contributed by atoms with Crippen LogP contribution in [0.2, 0.25) is 0 Å². The van der Waals surface area contributed by atoms with E-state index in [2.05, 4.69) is 10.2 Å². The SMILES string of the molecule is Cc1ccc(-c2cc(C(=O)Nc3ccc(N4CCC(C(N)=O)CC4)cc3)c3ccccc3n2)cc1. The number of piperidine rings is 1. The van der Waals surface area contributed by atoms with Gasteiger partial charge in [-0.15, -0.1) is 0 Å².